The number of nitrogens with zero attached hydrogens (tertiary/aromatic N) is 2. The number of rotatable bonds is 4. The third-order valence-corrected chi connectivity index (χ3v) is 7.27. The number of benzene rings is 1. The number of fused-ring (bicyclic) bond motifs is 1. The lowest BCUT2D eigenvalue weighted by Gasteiger charge is -2.30. The molecule has 1 aromatic carbocycles. The number of hydrogen-bond acceptors (Lipinski definition) is 5. The molecule has 3 aliphatic heterocycles. The minimum atomic E-state index is -0.580. The summed E-state index contributed by atoms with van der Waals surface area (Å²) in [6.07, 6.45) is 4.06. The van der Waals surface area contributed by atoms with Crippen LogP contribution < -0.4 is 0 Å². The van der Waals surface area contributed by atoms with Crippen molar-refractivity contribution in [1.29, 1.82) is 0 Å². The lowest BCUT2D eigenvalue weighted by atomic mass is 10.00. The summed E-state index contributed by atoms with van der Waals surface area (Å²) in [6, 6.07) is 9.55. The molecular formula is C21H24N2O4S. The number of amides is 2. The molecule has 28 heavy (non-hydrogen) atoms. The van der Waals surface area contributed by atoms with Crippen molar-refractivity contribution >= 4 is 35.1 Å². The first-order chi connectivity index (χ1) is 13.5. The Kier molecular flexibility index (Phi) is 5.19. The lowest BCUT2D eigenvalue weighted by molar-refractivity contribution is -0.158. The summed E-state index contributed by atoms with van der Waals surface area (Å²) >= 11 is 1.62. The molecule has 0 saturated carbocycles. The Bertz CT molecular complexity index is 825. The summed E-state index contributed by atoms with van der Waals surface area (Å²) < 4.78 is 5.30. The van der Waals surface area contributed by atoms with Gasteiger partial charge in [0.2, 0.25) is 5.91 Å². The van der Waals surface area contributed by atoms with E-state index >= 15 is 0 Å². The van der Waals surface area contributed by atoms with Gasteiger partial charge >= 0.3 is 5.97 Å². The highest BCUT2D eigenvalue weighted by Gasteiger charge is 2.53. The van der Waals surface area contributed by atoms with Crippen LogP contribution in [0.4, 0.5) is 0 Å². The summed E-state index contributed by atoms with van der Waals surface area (Å²) in [4.78, 5) is 40.1. The average Bonchev–Trinajstić information content (AvgIpc) is 3.22. The van der Waals surface area contributed by atoms with Crippen molar-refractivity contribution in [2.75, 3.05) is 25.4 Å². The molecule has 3 aliphatic rings. The predicted molar refractivity (Wildman–Crippen MR) is 107 cm³/mol. The Hall–Kier alpha value is -2.28. The average molecular weight is 401 g/mol. The lowest BCUT2D eigenvalue weighted by Crippen LogP contribution is -2.47. The van der Waals surface area contributed by atoms with E-state index in [9.17, 15) is 14.4 Å². The number of ether oxygens (including phenoxy) is 1. The van der Waals surface area contributed by atoms with Crippen LogP contribution in [0.1, 0.15) is 31.7 Å². The molecule has 2 atom stereocenters. The van der Waals surface area contributed by atoms with Crippen LogP contribution in [0.25, 0.3) is 5.57 Å². The minimum Gasteiger partial charge on any atom is -0.454 e. The van der Waals surface area contributed by atoms with Crippen molar-refractivity contribution in [1.82, 2.24) is 9.80 Å². The Labute approximate surface area is 168 Å². The zero-order chi connectivity index (χ0) is 19.7. The van der Waals surface area contributed by atoms with E-state index in [-0.39, 0.29) is 23.3 Å². The number of carbonyl (C=O) groups excluding carboxylic acids is 3. The van der Waals surface area contributed by atoms with Crippen molar-refractivity contribution in [2.24, 2.45) is 0 Å². The number of hydrogen-bond donors (Lipinski definition) is 0. The summed E-state index contributed by atoms with van der Waals surface area (Å²) in [5.41, 5.74) is 2.41. The van der Waals surface area contributed by atoms with Crippen molar-refractivity contribution in [3.8, 4) is 0 Å². The fraction of sp³-hybridized carbons (Fsp3) is 0.476. The van der Waals surface area contributed by atoms with Gasteiger partial charge in [-0.25, -0.2) is 4.79 Å². The molecule has 0 radical (unpaired) electrons. The number of esters is 1. The second kappa shape index (κ2) is 7.62. The van der Waals surface area contributed by atoms with Gasteiger partial charge in [-0.1, -0.05) is 36.4 Å². The fourth-order valence-corrected chi connectivity index (χ4v) is 5.54. The first-order valence-electron chi connectivity index (χ1n) is 9.63. The van der Waals surface area contributed by atoms with E-state index in [1.807, 2.05) is 25.1 Å². The quantitative estimate of drug-likeness (QED) is 0.726. The molecule has 3 heterocycles. The van der Waals surface area contributed by atoms with Gasteiger partial charge in [0.05, 0.1) is 4.87 Å². The van der Waals surface area contributed by atoms with Crippen LogP contribution in [0.15, 0.2) is 36.4 Å². The molecule has 148 valence electrons. The highest BCUT2D eigenvalue weighted by atomic mass is 32.2. The Morgan fingerprint density at radius 3 is 2.75 bits per heavy atom. The molecule has 1 aromatic rings. The molecule has 0 unspecified atom stereocenters. The van der Waals surface area contributed by atoms with Gasteiger partial charge in [-0.15, -0.1) is 11.8 Å². The first kappa shape index (κ1) is 19.1. The molecule has 0 spiro atoms. The van der Waals surface area contributed by atoms with Crippen molar-refractivity contribution < 1.29 is 19.1 Å². The first-order valence-corrected chi connectivity index (χ1v) is 10.6. The minimum absolute atomic E-state index is 0.00427. The topological polar surface area (TPSA) is 66.9 Å². The second-order valence-corrected chi connectivity index (χ2v) is 9.06. The van der Waals surface area contributed by atoms with E-state index in [1.165, 1.54) is 11.1 Å². The van der Waals surface area contributed by atoms with Crippen LogP contribution in [0.3, 0.4) is 0 Å². The van der Waals surface area contributed by atoms with Gasteiger partial charge in [0, 0.05) is 25.3 Å². The normalized spacial score (nSPS) is 26.8. The zero-order valence-electron chi connectivity index (χ0n) is 15.9. The molecule has 2 fully saturated rings. The van der Waals surface area contributed by atoms with E-state index in [0.29, 0.717) is 25.3 Å². The van der Waals surface area contributed by atoms with Gasteiger partial charge in [-0.2, -0.15) is 0 Å². The van der Waals surface area contributed by atoms with Crippen LogP contribution in [0.2, 0.25) is 0 Å². The van der Waals surface area contributed by atoms with Gasteiger partial charge in [0.1, 0.15) is 6.04 Å². The van der Waals surface area contributed by atoms with Gasteiger partial charge in [-0.3, -0.25) is 9.59 Å². The summed E-state index contributed by atoms with van der Waals surface area (Å²) in [7, 11) is 0. The molecule has 2 saturated heterocycles. The van der Waals surface area contributed by atoms with E-state index < -0.39 is 12.0 Å². The van der Waals surface area contributed by atoms with Crippen LogP contribution >= 0.6 is 11.8 Å². The van der Waals surface area contributed by atoms with Crippen LogP contribution in [0, 0.1) is 0 Å². The van der Waals surface area contributed by atoms with Gasteiger partial charge in [0.15, 0.2) is 6.61 Å². The van der Waals surface area contributed by atoms with Crippen LogP contribution in [0.5, 0.6) is 0 Å². The predicted octanol–water partition coefficient (Wildman–Crippen LogP) is 2.30. The molecule has 0 aromatic heterocycles. The molecule has 7 heteroatoms. The van der Waals surface area contributed by atoms with E-state index in [0.717, 1.165) is 12.8 Å². The highest BCUT2D eigenvalue weighted by molar-refractivity contribution is 8.01. The molecule has 0 N–H and O–H groups in total. The van der Waals surface area contributed by atoms with Crippen molar-refractivity contribution in [2.45, 2.75) is 37.1 Å². The maximum Gasteiger partial charge on any atom is 0.330 e. The van der Waals surface area contributed by atoms with E-state index in [4.69, 9.17) is 4.74 Å². The molecule has 4 rings (SSSR count). The third kappa shape index (κ3) is 3.55. The van der Waals surface area contributed by atoms with Crippen molar-refractivity contribution in [3.63, 3.8) is 0 Å². The van der Waals surface area contributed by atoms with Crippen LogP contribution in [-0.2, 0) is 19.1 Å². The van der Waals surface area contributed by atoms with Gasteiger partial charge < -0.3 is 14.5 Å². The van der Waals surface area contributed by atoms with Gasteiger partial charge in [-0.05, 0) is 30.9 Å². The monoisotopic (exact) mass is 400 g/mol. The summed E-state index contributed by atoms with van der Waals surface area (Å²) in [5, 5.41) is 0. The number of thioether (sulfide) groups is 1. The standard InChI is InChI=1S/C21H24N2O4S/c1-21-10-7-18(24)23(21)17(14-28-21)20(26)27-13-19(25)22-11-8-16(9-12-22)15-5-3-2-4-6-15/h2-6,8,17H,7,9-14H2,1H3/t17-,21+/m0/s1. The maximum absolute atomic E-state index is 12.5. The SMILES string of the molecule is C[C@@]12CCC(=O)N1[C@H](C(=O)OCC(=O)N1CC=C(c3ccccc3)CC1)CS2. The van der Waals surface area contributed by atoms with Crippen molar-refractivity contribution in [3.05, 3.63) is 42.0 Å². The zero-order valence-corrected chi connectivity index (χ0v) is 16.7. The van der Waals surface area contributed by atoms with Gasteiger partial charge in [0.25, 0.3) is 5.91 Å². The molecular weight excluding hydrogens is 376 g/mol. The fourth-order valence-electron chi connectivity index (χ4n) is 4.13. The Balaban J connectivity index is 1.30. The van der Waals surface area contributed by atoms with Crippen LogP contribution in [-0.4, -0.2) is 63.9 Å². The highest BCUT2D eigenvalue weighted by Crippen LogP contribution is 2.47. The summed E-state index contributed by atoms with van der Waals surface area (Å²) in [5.74, 6) is -0.145. The molecule has 2 amide bonds. The third-order valence-electron chi connectivity index (χ3n) is 5.76. The van der Waals surface area contributed by atoms with E-state index in [2.05, 4.69) is 18.2 Å². The molecule has 0 bridgehead atoms. The maximum atomic E-state index is 12.5. The Morgan fingerprint density at radius 2 is 2.04 bits per heavy atom. The molecule has 0 aliphatic carbocycles. The van der Waals surface area contributed by atoms with E-state index in [1.54, 1.807) is 21.6 Å². The number of carbonyl (C=O) groups is 3. The smallest absolute Gasteiger partial charge is 0.330 e. The Morgan fingerprint density at radius 1 is 1.25 bits per heavy atom. The second-order valence-electron chi connectivity index (χ2n) is 7.56. The summed E-state index contributed by atoms with van der Waals surface area (Å²) in [6.45, 7) is 2.85. The molecule has 6 nitrogen and oxygen atoms in total. The largest absolute Gasteiger partial charge is 0.454 e.